The van der Waals surface area contributed by atoms with Crippen LogP contribution in [0.2, 0.25) is 0 Å². The lowest BCUT2D eigenvalue weighted by molar-refractivity contribution is 0.187. The number of hydrogen-bond donors (Lipinski definition) is 1. The molecule has 2 aromatic heterocycles. The van der Waals surface area contributed by atoms with Crippen molar-refractivity contribution in [1.29, 1.82) is 0 Å². The minimum Gasteiger partial charge on any atom is -0.339 e. The van der Waals surface area contributed by atoms with Crippen molar-refractivity contribution < 1.29 is 4.52 Å². The molecule has 0 atom stereocenters. The number of hydrogen-bond acceptors (Lipinski definition) is 6. The molecule has 3 rings (SSSR count). The molecule has 0 aromatic carbocycles. The Labute approximate surface area is 145 Å². The number of aromatic amines is 1. The van der Waals surface area contributed by atoms with Crippen LogP contribution in [0.3, 0.4) is 0 Å². The second kappa shape index (κ2) is 7.35. The molecule has 1 N–H and O–H groups in total. The van der Waals surface area contributed by atoms with E-state index in [2.05, 4.69) is 20.0 Å². The zero-order valence-corrected chi connectivity index (χ0v) is 15.0. The summed E-state index contributed by atoms with van der Waals surface area (Å²) >= 11 is 0. The van der Waals surface area contributed by atoms with Crippen LogP contribution in [0.5, 0.6) is 0 Å². The number of rotatable bonds is 5. The second-order valence-corrected chi connectivity index (χ2v) is 7.01. The van der Waals surface area contributed by atoms with Crippen LogP contribution in [0, 0.1) is 6.92 Å². The van der Waals surface area contributed by atoms with Crippen molar-refractivity contribution in [1.82, 2.24) is 24.6 Å². The highest BCUT2D eigenvalue weighted by molar-refractivity contribution is 4.99. The molecular weight excluding hydrogens is 322 g/mol. The first-order valence-corrected chi connectivity index (χ1v) is 8.80. The van der Waals surface area contributed by atoms with Gasteiger partial charge in [0.1, 0.15) is 0 Å². The van der Waals surface area contributed by atoms with Crippen molar-refractivity contribution in [3.05, 3.63) is 44.3 Å². The average Bonchev–Trinajstić information content (AvgIpc) is 3.04. The van der Waals surface area contributed by atoms with Crippen molar-refractivity contribution in [2.75, 3.05) is 19.6 Å². The summed E-state index contributed by atoms with van der Waals surface area (Å²) in [5.74, 6) is 2.05. The van der Waals surface area contributed by atoms with Gasteiger partial charge in [0.05, 0.1) is 0 Å². The van der Waals surface area contributed by atoms with Crippen LogP contribution in [-0.4, -0.2) is 44.2 Å². The highest BCUT2D eigenvalue weighted by Crippen LogP contribution is 2.27. The molecule has 3 heterocycles. The van der Waals surface area contributed by atoms with Gasteiger partial charge in [-0.15, -0.1) is 0 Å². The van der Waals surface area contributed by atoms with Crippen LogP contribution in [0.25, 0.3) is 0 Å². The van der Waals surface area contributed by atoms with E-state index in [1.54, 1.807) is 6.92 Å². The Bertz CT molecular complexity index is 796. The minimum atomic E-state index is -0.341. The first-order chi connectivity index (χ1) is 11.9. The Kier molecular flexibility index (Phi) is 5.17. The lowest BCUT2D eigenvalue weighted by Crippen LogP contribution is -2.41. The molecule has 25 heavy (non-hydrogen) atoms. The van der Waals surface area contributed by atoms with E-state index in [-0.39, 0.29) is 17.2 Å². The molecule has 8 heteroatoms. The summed E-state index contributed by atoms with van der Waals surface area (Å²) in [5, 5.41) is 4.04. The van der Waals surface area contributed by atoms with Crippen LogP contribution in [-0.2, 0) is 6.54 Å². The summed E-state index contributed by atoms with van der Waals surface area (Å²) in [5.41, 5.74) is 0.00237. The standard InChI is InChI=1S/C17H25N5O3/c1-11(2)15-19-16(25-20-15)13-4-6-21(7-5-13)8-9-22-14(23)10-12(3)18-17(22)24/h10-11,13H,4-9H2,1-3H3,(H,18,24). The molecule has 1 saturated heterocycles. The van der Waals surface area contributed by atoms with E-state index in [4.69, 9.17) is 4.52 Å². The van der Waals surface area contributed by atoms with E-state index in [1.807, 2.05) is 13.8 Å². The van der Waals surface area contributed by atoms with Gasteiger partial charge >= 0.3 is 5.69 Å². The molecule has 2 aromatic rings. The van der Waals surface area contributed by atoms with Gasteiger partial charge in [-0.3, -0.25) is 9.36 Å². The van der Waals surface area contributed by atoms with Gasteiger partial charge in [-0.05, 0) is 32.9 Å². The van der Waals surface area contributed by atoms with Gasteiger partial charge < -0.3 is 14.4 Å². The van der Waals surface area contributed by atoms with Gasteiger partial charge in [-0.25, -0.2) is 4.79 Å². The molecule has 1 aliphatic heterocycles. The van der Waals surface area contributed by atoms with E-state index in [0.29, 0.717) is 24.7 Å². The predicted octanol–water partition coefficient (Wildman–Crippen LogP) is 1.23. The monoisotopic (exact) mass is 347 g/mol. The van der Waals surface area contributed by atoms with Gasteiger partial charge in [-0.1, -0.05) is 19.0 Å². The van der Waals surface area contributed by atoms with Gasteiger partial charge in [0, 0.05) is 36.7 Å². The van der Waals surface area contributed by atoms with E-state index in [0.717, 1.165) is 37.6 Å². The summed E-state index contributed by atoms with van der Waals surface area (Å²) in [6, 6.07) is 1.45. The zero-order valence-electron chi connectivity index (χ0n) is 15.0. The average molecular weight is 347 g/mol. The fourth-order valence-electron chi connectivity index (χ4n) is 3.14. The van der Waals surface area contributed by atoms with Crippen molar-refractivity contribution in [3.8, 4) is 0 Å². The maximum absolute atomic E-state index is 11.9. The van der Waals surface area contributed by atoms with Crippen LogP contribution < -0.4 is 11.2 Å². The summed E-state index contributed by atoms with van der Waals surface area (Å²) in [6.07, 6.45) is 1.89. The summed E-state index contributed by atoms with van der Waals surface area (Å²) in [4.78, 5) is 33.2. The number of piperidine rings is 1. The number of likely N-dealkylation sites (tertiary alicyclic amines) is 1. The normalized spacial score (nSPS) is 16.6. The third kappa shape index (κ3) is 4.07. The highest BCUT2D eigenvalue weighted by atomic mass is 16.5. The Morgan fingerprint density at radius 3 is 2.60 bits per heavy atom. The van der Waals surface area contributed by atoms with Crippen molar-refractivity contribution >= 4 is 0 Å². The van der Waals surface area contributed by atoms with Crippen LogP contribution in [0.4, 0.5) is 0 Å². The van der Waals surface area contributed by atoms with Crippen LogP contribution in [0.1, 0.15) is 55.9 Å². The second-order valence-electron chi connectivity index (χ2n) is 7.01. The summed E-state index contributed by atoms with van der Waals surface area (Å²) in [7, 11) is 0. The van der Waals surface area contributed by atoms with Crippen LogP contribution in [0.15, 0.2) is 20.2 Å². The van der Waals surface area contributed by atoms with Crippen molar-refractivity contribution in [2.45, 2.75) is 52.0 Å². The lowest BCUT2D eigenvalue weighted by atomic mass is 9.97. The van der Waals surface area contributed by atoms with E-state index >= 15 is 0 Å². The van der Waals surface area contributed by atoms with Gasteiger partial charge in [-0.2, -0.15) is 4.98 Å². The lowest BCUT2D eigenvalue weighted by Gasteiger charge is -2.30. The molecule has 8 nitrogen and oxygen atoms in total. The Morgan fingerprint density at radius 2 is 2.00 bits per heavy atom. The topological polar surface area (TPSA) is 97.0 Å². The molecule has 136 valence electrons. The quantitative estimate of drug-likeness (QED) is 0.874. The summed E-state index contributed by atoms with van der Waals surface area (Å²) < 4.78 is 6.66. The SMILES string of the molecule is Cc1cc(=O)n(CCN2CCC(c3nc(C(C)C)no3)CC2)c(=O)[nH]1. The first kappa shape index (κ1) is 17.6. The predicted molar refractivity (Wildman–Crippen MR) is 92.9 cm³/mol. The van der Waals surface area contributed by atoms with Gasteiger partial charge in [0.2, 0.25) is 5.89 Å². The third-order valence-corrected chi connectivity index (χ3v) is 4.71. The number of aryl methyl sites for hydroxylation is 1. The Hall–Kier alpha value is -2.22. The van der Waals surface area contributed by atoms with E-state index in [9.17, 15) is 9.59 Å². The molecule has 1 aliphatic rings. The largest absolute Gasteiger partial charge is 0.339 e. The van der Waals surface area contributed by atoms with Crippen LogP contribution >= 0.6 is 0 Å². The highest BCUT2D eigenvalue weighted by Gasteiger charge is 2.25. The van der Waals surface area contributed by atoms with Gasteiger partial charge in [0.15, 0.2) is 5.82 Å². The maximum atomic E-state index is 11.9. The molecule has 0 spiro atoms. The molecule has 1 fully saturated rings. The molecule has 0 radical (unpaired) electrons. The molecule has 0 saturated carbocycles. The van der Waals surface area contributed by atoms with E-state index < -0.39 is 0 Å². The smallest absolute Gasteiger partial charge is 0.328 e. The van der Waals surface area contributed by atoms with Gasteiger partial charge in [0.25, 0.3) is 5.56 Å². The zero-order chi connectivity index (χ0) is 18.0. The fraction of sp³-hybridized carbons (Fsp3) is 0.647. The number of aromatic nitrogens is 4. The summed E-state index contributed by atoms with van der Waals surface area (Å²) in [6.45, 7) is 8.67. The maximum Gasteiger partial charge on any atom is 0.328 e. The molecule has 0 unspecified atom stereocenters. The number of H-pyrrole nitrogens is 1. The fourth-order valence-corrected chi connectivity index (χ4v) is 3.14. The van der Waals surface area contributed by atoms with E-state index in [1.165, 1.54) is 10.6 Å². The molecule has 0 aliphatic carbocycles. The minimum absolute atomic E-state index is 0.247. The third-order valence-electron chi connectivity index (χ3n) is 4.71. The van der Waals surface area contributed by atoms with Crippen molar-refractivity contribution in [2.24, 2.45) is 0 Å². The Balaban J connectivity index is 1.54. The molecule has 0 bridgehead atoms. The molecular formula is C17H25N5O3. The first-order valence-electron chi connectivity index (χ1n) is 8.80. The Morgan fingerprint density at radius 1 is 1.28 bits per heavy atom. The number of nitrogens with one attached hydrogen (secondary N) is 1. The number of nitrogens with zero attached hydrogens (tertiary/aromatic N) is 4. The van der Waals surface area contributed by atoms with Crippen molar-refractivity contribution in [3.63, 3.8) is 0 Å². The molecule has 0 amide bonds.